The summed E-state index contributed by atoms with van der Waals surface area (Å²) in [7, 11) is 0. The Labute approximate surface area is 140 Å². The number of hydrogen-bond donors (Lipinski definition) is 1. The molecule has 120 valence electrons. The van der Waals surface area contributed by atoms with Crippen LogP contribution >= 0.6 is 0 Å². The maximum atomic E-state index is 12.6. The van der Waals surface area contributed by atoms with Crippen LogP contribution in [0.25, 0.3) is 5.69 Å². The van der Waals surface area contributed by atoms with Crippen LogP contribution < -0.4 is 5.32 Å². The van der Waals surface area contributed by atoms with Crippen LogP contribution in [0.2, 0.25) is 0 Å². The van der Waals surface area contributed by atoms with Crippen molar-refractivity contribution < 1.29 is 9.21 Å². The normalized spacial score (nSPS) is 10.4. The fraction of sp³-hybridized carbons (Fsp3) is 0.158. The van der Waals surface area contributed by atoms with E-state index in [2.05, 4.69) is 11.4 Å². The van der Waals surface area contributed by atoms with Crippen molar-refractivity contribution in [3.63, 3.8) is 0 Å². The SMILES string of the molecule is Cc1cccc(-n2ccc(C#N)c2C(=O)NCc2ccco2)c1C. The highest BCUT2D eigenvalue weighted by Gasteiger charge is 2.19. The zero-order chi connectivity index (χ0) is 17.1. The Kier molecular flexibility index (Phi) is 4.21. The standard InChI is InChI=1S/C19H17N3O2/c1-13-5-3-7-17(14(13)2)22-9-8-15(11-20)18(22)19(23)21-12-16-6-4-10-24-16/h3-10H,12H2,1-2H3,(H,21,23). The van der Waals surface area contributed by atoms with Gasteiger partial charge in [-0.15, -0.1) is 0 Å². The van der Waals surface area contributed by atoms with Crippen molar-refractivity contribution in [1.82, 2.24) is 9.88 Å². The minimum absolute atomic E-state index is 0.273. The van der Waals surface area contributed by atoms with Gasteiger partial charge in [0.2, 0.25) is 0 Å². The molecule has 1 N–H and O–H groups in total. The zero-order valence-electron chi connectivity index (χ0n) is 13.5. The topological polar surface area (TPSA) is 71.0 Å². The van der Waals surface area contributed by atoms with E-state index in [1.807, 2.05) is 32.0 Å². The highest BCUT2D eigenvalue weighted by atomic mass is 16.3. The molecule has 24 heavy (non-hydrogen) atoms. The third-order valence-electron chi connectivity index (χ3n) is 4.06. The summed E-state index contributed by atoms with van der Waals surface area (Å²) in [6.45, 7) is 4.29. The summed E-state index contributed by atoms with van der Waals surface area (Å²) in [6.07, 6.45) is 3.31. The summed E-state index contributed by atoms with van der Waals surface area (Å²) in [5, 5.41) is 12.1. The molecule has 0 atom stereocenters. The first-order valence-corrected chi connectivity index (χ1v) is 7.60. The van der Waals surface area contributed by atoms with Crippen LogP contribution in [0, 0.1) is 25.2 Å². The smallest absolute Gasteiger partial charge is 0.270 e. The van der Waals surface area contributed by atoms with E-state index in [0.29, 0.717) is 17.0 Å². The first-order chi connectivity index (χ1) is 11.6. The van der Waals surface area contributed by atoms with Crippen molar-refractivity contribution >= 4 is 5.91 Å². The molecule has 0 bridgehead atoms. The fourth-order valence-electron chi connectivity index (χ4n) is 2.62. The molecule has 1 amide bonds. The van der Waals surface area contributed by atoms with Gasteiger partial charge in [0.15, 0.2) is 0 Å². The average molecular weight is 319 g/mol. The number of hydrogen-bond acceptors (Lipinski definition) is 3. The molecule has 0 spiro atoms. The molecule has 0 aliphatic heterocycles. The van der Waals surface area contributed by atoms with E-state index in [1.54, 1.807) is 35.2 Å². The lowest BCUT2D eigenvalue weighted by atomic mass is 10.1. The van der Waals surface area contributed by atoms with Gasteiger partial charge >= 0.3 is 0 Å². The van der Waals surface area contributed by atoms with Gasteiger partial charge in [-0.2, -0.15) is 5.26 Å². The second kappa shape index (κ2) is 6.47. The van der Waals surface area contributed by atoms with E-state index >= 15 is 0 Å². The van der Waals surface area contributed by atoms with Crippen LogP contribution in [0.5, 0.6) is 0 Å². The Bertz CT molecular complexity index is 915. The van der Waals surface area contributed by atoms with Crippen LogP contribution in [-0.2, 0) is 6.54 Å². The van der Waals surface area contributed by atoms with E-state index in [-0.39, 0.29) is 12.5 Å². The minimum atomic E-state index is -0.311. The lowest BCUT2D eigenvalue weighted by Crippen LogP contribution is -2.26. The van der Waals surface area contributed by atoms with Gasteiger partial charge in [0.05, 0.1) is 18.4 Å². The second-order valence-corrected chi connectivity index (χ2v) is 5.54. The lowest BCUT2D eigenvalue weighted by molar-refractivity contribution is 0.0941. The summed E-state index contributed by atoms with van der Waals surface area (Å²) in [5.74, 6) is 0.348. The Morgan fingerprint density at radius 3 is 2.79 bits per heavy atom. The lowest BCUT2D eigenvalue weighted by Gasteiger charge is -2.14. The number of carbonyl (C=O) groups is 1. The van der Waals surface area contributed by atoms with Gasteiger partial charge in [-0.25, -0.2) is 0 Å². The number of nitrogens with zero attached hydrogens (tertiary/aromatic N) is 2. The third-order valence-corrected chi connectivity index (χ3v) is 4.06. The molecular weight excluding hydrogens is 302 g/mol. The van der Waals surface area contributed by atoms with Crippen molar-refractivity contribution in [2.45, 2.75) is 20.4 Å². The summed E-state index contributed by atoms with van der Waals surface area (Å²) in [6, 6.07) is 13.2. The number of amides is 1. The highest BCUT2D eigenvalue weighted by Crippen LogP contribution is 2.22. The highest BCUT2D eigenvalue weighted by molar-refractivity contribution is 5.95. The molecule has 0 aliphatic carbocycles. The number of aryl methyl sites for hydroxylation is 1. The zero-order valence-corrected chi connectivity index (χ0v) is 13.5. The molecule has 5 nitrogen and oxygen atoms in total. The quantitative estimate of drug-likeness (QED) is 0.800. The van der Waals surface area contributed by atoms with Crippen LogP contribution in [0.15, 0.2) is 53.3 Å². The number of furan rings is 1. The summed E-state index contributed by atoms with van der Waals surface area (Å²) < 4.78 is 6.98. The molecule has 3 aromatic rings. The van der Waals surface area contributed by atoms with Gasteiger partial charge in [-0.1, -0.05) is 12.1 Å². The van der Waals surface area contributed by atoms with Gasteiger partial charge in [0, 0.05) is 11.9 Å². The van der Waals surface area contributed by atoms with Crippen molar-refractivity contribution in [3.8, 4) is 11.8 Å². The van der Waals surface area contributed by atoms with Crippen LogP contribution in [-0.4, -0.2) is 10.5 Å². The summed E-state index contributed by atoms with van der Waals surface area (Å²) in [4.78, 5) is 12.6. The van der Waals surface area contributed by atoms with Crippen LogP contribution in [0.4, 0.5) is 0 Å². The third kappa shape index (κ3) is 2.82. The Morgan fingerprint density at radius 1 is 1.25 bits per heavy atom. The molecule has 3 rings (SSSR count). The Morgan fingerprint density at radius 2 is 2.08 bits per heavy atom. The number of rotatable bonds is 4. The number of nitriles is 1. The number of carbonyl (C=O) groups excluding carboxylic acids is 1. The molecular formula is C19H17N3O2. The Hall–Kier alpha value is -3.26. The second-order valence-electron chi connectivity index (χ2n) is 5.54. The number of benzene rings is 1. The van der Waals surface area contributed by atoms with Crippen molar-refractivity contribution in [2.75, 3.05) is 0 Å². The first kappa shape index (κ1) is 15.6. The average Bonchev–Trinajstić information content (AvgIpc) is 3.24. The molecule has 0 fully saturated rings. The molecule has 0 aliphatic rings. The summed E-state index contributed by atoms with van der Waals surface area (Å²) in [5.41, 5.74) is 3.75. The van der Waals surface area contributed by atoms with Gasteiger partial charge in [0.1, 0.15) is 17.5 Å². The van der Waals surface area contributed by atoms with Gasteiger partial charge in [-0.3, -0.25) is 4.79 Å². The van der Waals surface area contributed by atoms with Crippen LogP contribution in [0.1, 0.15) is 32.9 Å². The first-order valence-electron chi connectivity index (χ1n) is 7.60. The van der Waals surface area contributed by atoms with Gasteiger partial charge < -0.3 is 14.3 Å². The van der Waals surface area contributed by atoms with E-state index in [9.17, 15) is 10.1 Å². The van der Waals surface area contributed by atoms with E-state index in [1.165, 1.54) is 0 Å². The fourth-order valence-corrected chi connectivity index (χ4v) is 2.62. The van der Waals surface area contributed by atoms with Gasteiger partial charge in [-0.05, 0) is 49.2 Å². The maximum absolute atomic E-state index is 12.6. The molecule has 0 radical (unpaired) electrons. The molecule has 1 aromatic carbocycles. The molecule has 2 aromatic heterocycles. The number of aromatic nitrogens is 1. The largest absolute Gasteiger partial charge is 0.467 e. The van der Waals surface area contributed by atoms with Crippen LogP contribution in [0.3, 0.4) is 0 Å². The predicted molar refractivity (Wildman–Crippen MR) is 89.8 cm³/mol. The van der Waals surface area contributed by atoms with E-state index in [0.717, 1.165) is 16.8 Å². The van der Waals surface area contributed by atoms with Crippen molar-refractivity contribution in [2.24, 2.45) is 0 Å². The maximum Gasteiger partial charge on any atom is 0.270 e. The summed E-state index contributed by atoms with van der Waals surface area (Å²) >= 11 is 0. The monoisotopic (exact) mass is 319 g/mol. The molecule has 0 saturated carbocycles. The van der Waals surface area contributed by atoms with E-state index < -0.39 is 0 Å². The van der Waals surface area contributed by atoms with Gasteiger partial charge in [0.25, 0.3) is 5.91 Å². The van der Waals surface area contributed by atoms with Crippen molar-refractivity contribution in [1.29, 1.82) is 5.26 Å². The minimum Gasteiger partial charge on any atom is -0.467 e. The molecule has 0 saturated heterocycles. The van der Waals surface area contributed by atoms with E-state index in [4.69, 9.17) is 4.42 Å². The Balaban J connectivity index is 1.98. The number of nitrogens with one attached hydrogen (secondary N) is 1. The van der Waals surface area contributed by atoms with Crippen molar-refractivity contribution in [3.05, 3.63) is 77.0 Å². The predicted octanol–water partition coefficient (Wildman–Crippen LogP) is 3.49. The molecule has 2 heterocycles. The molecule has 5 heteroatoms. The molecule has 0 unspecified atom stereocenters.